The van der Waals surface area contributed by atoms with Gasteiger partial charge in [-0.25, -0.2) is 8.42 Å². The first kappa shape index (κ1) is 19.0. The Hall–Kier alpha value is -1.80. The summed E-state index contributed by atoms with van der Waals surface area (Å²) >= 11 is 0. The summed E-state index contributed by atoms with van der Waals surface area (Å²) in [6.07, 6.45) is 5.00. The topological polar surface area (TPSA) is 79.0 Å². The molecule has 2 heterocycles. The Morgan fingerprint density at radius 3 is 2.69 bits per heavy atom. The number of benzene rings is 1. The molecule has 0 radical (unpaired) electrons. The lowest BCUT2D eigenvalue weighted by Crippen LogP contribution is -2.50. The van der Waals surface area contributed by atoms with Crippen LogP contribution in [0.3, 0.4) is 0 Å². The fraction of sp³-hybridized carbons (Fsp3) is 0.611. The molecule has 1 saturated heterocycles. The largest absolute Gasteiger partial charge is 0.476 e. The van der Waals surface area contributed by atoms with E-state index >= 15 is 0 Å². The molecule has 0 bridgehead atoms. The first-order chi connectivity index (χ1) is 12.4. The van der Waals surface area contributed by atoms with Crippen LogP contribution in [-0.2, 0) is 14.8 Å². The number of fused-ring (bicyclic) bond motifs is 1. The summed E-state index contributed by atoms with van der Waals surface area (Å²) in [5, 5.41) is 2.88. The van der Waals surface area contributed by atoms with E-state index in [1.807, 2.05) is 0 Å². The molecule has 2 aliphatic heterocycles. The molecule has 0 aliphatic carbocycles. The molecule has 1 fully saturated rings. The third kappa shape index (κ3) is 4.67. The molecule has 144 valence electrons. The zero-order chi connectivity index (χ0) is 18.6. The van der Waals surface area contributed by atoms with Crippen molar-refractivity contribution in [1.82, 2.24) is 10.2 Å². The van der Waals surface area contributed by atoms with Crippen molar-refractivity contribution in [3.05, 3.63) is 24.3 Å². The summed E-state index contributed by atoms with van der Waals surface area (Å²) in [6.45, 7) is 3.81. The smallest absolute Gasteiger partial charge is 0.263 e. The standard InChI is InChI=1S/C18H27N3O4S/c1-26(23,24)21-14-17(25-16-9-4-3-8-15(16)21)18(22)19-10-7-13-20-11-5-2-6-12-20/h3-4,8-9,17H,2,5-7,10-14H2,1H3,(H,19,22). The Labute approximate surface area is 155 Å². The molecule has 3 rings (SSSR count). The number of rotatable bonds is 6. The normalized spacial score (nSPS) is 21.0. The number of ether oxygens (including phenoxy) is 1. The Bertz CT molecular complexity index is 732. The Balaban J connectivity index is 1.54. The number of nitrogens with zero attached hydrogens (tertiary/aromatic N) is 2. The quantitative estimate of drug-likeness (QED) is 0.750. The Morgan fingerprint density at radius 2 is 1.96 bits per heavy atom. The molecule has 7 nitrogen and oxygen atoms in total. The second-order valence-corrected chi connectivity index (χ2v) is 8.82. The van der Waals surface area contributed by atoms with Crippen molar-refractivity contribution in [2.45, 2.75) is 31.8 Å². The lowest BCUT2D eigenvalue weighted by atomic mass is 10.1. The summed E-state index contributed by atoms with van der Waals surface area (Å²) in [6, 6.07) is 6.88. The van der Waals surface area contributed by atoms with Crippen molar-refractivity contribution in [3.8, 4) is 5.75 Å². The van der Waals surface area contributed by atoms with E-state index in [1.54, 1.807) is 24.3 Å². The van der Waals surface area contributed by atoms with Crippen LogP contribution in [0.1, 0.15) is 25.7 Å². The van der Waals surface area contributed by atoms with Crippen molar-refractivity contribution in [3.63, 3.8) is 0 Å². The highest BCUT2D eigenvalue weighted by molar-refractivity contribution is 7.92. The molecule has 1 unspecified atom stereocenters. The average molecular weight is 381 g/mol. The molecule has 2 aliphatic rings. The minimum atomic E-state index is -3.48. The summed E-state index contributed by atoms with van der Waals surface area (Å²) < 4.78 is 31.1. The zero-order valence-corrected chi connectivity index (χ0v) is 16.0. The predicted molar refractivity (Wildman–Crippen MR) is 101 cm³/mol. The van der Waals surface area contributed by atoms with Gasteiger partial charge in [0.15, 0.2) is 6.10 Å². The maximum atomic E-state index is 12.5. The molecule has 1 N–H and O–H groups in total. The molecule has 8 heteroatoms. The van der Waals surface area contributed by atoms with Gasteiger partial charge in [0, 0.05) is 6.54 Å². The van der Waals surface area contributed by atoms with E-state index in [2.05, 4.69) is 10.2 Å². The van der Waals surface area contributed by atoms with Crippen LogP contribution >= 0.6 is 0 Å². The molecule has 0 spiro atoms. The van der Waals surface area contributed by atoms with Crippen molar-refractivity contribution in [2.75, 3.05) is 43.3 Å². The van der Waals surface area contributed by atoms with E-state index in [4.69, 9.17) is 4.74 Å². The first-order valence-electron chi connectivity index (χ1n) is 9.18. The molecule has 0 saturated carbocycles. The van der Waals surface area contributed by atoms with Crippen LogP contribution in [0.2, 0.25) is 0 Å². The first-order valence-corrected chi connectivity index (χ1v) is 11.0. The van der Waals surface area contributed by atoms with E-state index in [9.17, 15) is 13.2 Å². The summed E-state index contributed by atoms with van der Waals surface area (Å²) in [5.74, 6) is 0.143. The minimum absolute atomic E-state index is 0.00615. The number of likely N-dealkylation sites (tertiary alicyclic amines) is 1. The second kappa shape index (κ2) is 8.26. The number of hydrogen-bond acceptors (Lipinski definition) is 5. The number of amides is 1. The van der Waals surface area contributed by atoms with Gasteiger partial charge >= 0.3 is 0 Å². The molecule has 0 aromatic heterocycles. The highest BCUT2D eigenvalue weighted by Gasteiger charge is 2.34. The number of piperidine rings is 1. The summed E-state index contributed by atoms with van der Waals surface area (Å²) in [7, 11) is -3.48. The molecule has 1 atom stereocenters. The number of sulfonamides is 1. The van der Waals surface area contributed by atoms with Gasteiger partial charge in [-0.2, -0.15) is 0 Å². The lowest BCUT2D eigenvalue weighted by molar-refractivity contribution is -0.127. The van der Waals surface area contributed by atoms with Gasteiger partial charge < -0.3 is 15.0 Å². The fourth-order valence-electron chi connectivity index (χ4n) is 3.46. The summed E-state index contributed by atoms with van der Waals surface area (Å²) in [4.78, 5) is 14.9. The van der Waals surface area contributed by atoms with Crippen molar-refractivity contribution >= 4 is 21.6 Å². The fourth-order valence-corrected chi connectivity index (χ4v) is 4.38. The van der Waals surface area contributed by atoms with Crippen LogP contribution in [0, 0.1) is 0 Å². The van der Waals surface area contributed by atoms with Crippen LogP contribution in [0.15, 0.2) is 24.3 Å². The minimum Gasteiger partial charge on any atom is -0.476 e. The number of para-hydroxylation sites is 2. The van der Waals surface area contributed by atoms with E-state index in [-0.39, 0.29) is 12.5 Å². The number of nitrogens with one attached hydrogen (secondary N) is 1. The number of anilines is 1. The third-order valence-corrected chi connectivity index (χ3v) is 5.97. The van der Waals surface area contributed by atoms with Gasteiger partial charge in [-0.1, -0.05) is 18.6 Å². The van der Waals surface area contributed by atoms with E-state index in [0.29, 0.717) is 18.0 Å². The van der Waals surface area contributed by atoms with E-state index < -0.39 is 16.1 Å². The lowest BCUT2D eigenvalue weighted by Gasteiger charge is -2.33. The highest BCUT2D eigenvalue weighted by Crippen LogP contribution is 2.34. The van der Waals surface area contributed by atoms with Gasteiger partial charge in [0.1, 0.15) is 5.75 Å². The van der Waals surface area contributed by atoms with Gasteiger partial charge in [-0.05, 0) is 51.0 Å². The van der Waals surface area contributed by atoms with Crippen molar-refractivity contribution in [2.24, 2.45) is 0 Å². The Kier molecular flexibility index (Phi) is 6.03. The molecule has 1 aromatic carbocycles. The Morgan fingerprint density at radius 1 is 1.23 bits per heavy atom. The van der Waals surface area contributed by atoms with E-state index in [0.717, 1.165) is 32.3 Å². The van der Waals surface area contributed by atoms with Gasteiger partial charge in [-0.15, -0.1) is 0 Å². The van der Waals surface area contributed by atoms with Crippen molar-refractivity contribution in [1.29, 1.82) is 0 Å². The highest BCUT2D eigenvalue weighted by atomic mass is 32.2. The van der Waals surface area contributed by atoms with Gasteiger partial charge in [0.2, 0.25) is 10.0 Å². The number of hydrogen-bond donors (Lipinski definition) is 1. The van der Waals surface area contributed by atoms with Gasteiger partial charge in [0.25, 0.3) is 5.91 Å². The molecule has 26 heavy (non-hydrogen) atoms. The monoisotopic (exact) mass is 381 g/mol. The van der Waals surface area contributed by atoms with Crippen LogP contribution in [0.4, 0.5) is 5.69 Å². The van der Waals surface area contributed by atoms with Crippen molar-refractivity contribution < 1.29 is 17.9 Å². The predicted octanol–water partition coefficient (Wildman–Crippen LogP) is 1.21. The SMILES string of the molecule is CS(=O)(=O)N1CC(C(=O)NCCCN2CCCCC2)Oc2ccccc21. The maximum absolute atomic E-state index is 12.5. The van der Waals surface area contributed by atoms with Crippen LogP contribution in [0.5, 0.6) is 5.75 Å². The van der Waals surface area contributed by atoms with Crippen LogP contribution < -0.4 is 14.4 Å². The zero-order valence-electron chi connectivity index (χ0n) is 15.2. The molecular formula is C18H27N3O4S. The van der Waals surface area contributed by atoms with Gasteiger partial charge in [-0.3, -0.25) is 9.10 Å². The van der Waals surface area contributed by atoms with E-state index in [1.165, 1.54) is 23.6 Å². The van der Waals surface area contributed by atoms with Crippen LogP contribution in [0.25, 0.3) is 0 Å². The molecular weight excluding hydrogens is 354 g/mol. The average Bonchev–Trinajstić information content (AvgIpc) is 2.64. The number of carbonyl (C=O) groups is 1. The van der Waals surface area contributed by atoms with Crippen LogP contribution in [-0.4, -0.2) is 64.3 Å². The maximum Gasteiger partial charge on any atom is 0.263 e. The second-order valence-electron chi connectivity index (χ2n) is 6.92. The van der Waals surface area contributed by atoms with Gasteiger partial charge in [0.05, 0.1) is 18.5 Å². The molecule has 1 amide bonds. The molecule has 1 aromatic rings. The number of carbonyl (C=O) groups excluding carboxylic acids is 1. The third-order valence-electron chi connectivity index (χ3n) is 4.83. The summed E-state index contributed by atoms with van der Waals surface area (Å²) in [5.41, 5.74) is 0.476.